The van der Waals surface area contributed by atoms with Crippen molar-refractivity contribution < 1.29 is 8.84 Å². The van der Waals surface area contributed by atoms with Gasteiger partial charge in [0.25, 0.3) is 0 Å². The van der Waals surface area contributed by atoms with Gasteiger partial charge in [0.05, 0.1) is 17.3 Å². The smallest absolute Gasteiger partial charge is 0.250 e. The number of aromatic nitrogens is 2. The van der Waals surface area contributed by atoms with E-state index < -0.39 is 8.32 Å². The Balaban J connectivity index is 1.84. The number of furan rings is 1. The Morgan fingerprint density at radius 2 is 2.00 bits per heavy atom. The number of fused-ring (bicyclic) bond motifs is 1. The third kappa shape index (κ3) is 3.48. The fraction of sp³-hybridized carbons (Fsp3) is 0.353. The van der Waals surface area contributed by atoms with E-state index in [0.29, 0.717) is 0 Å². The number of aromatic amines is 1. The van der Waals surface area contributed by atoms with Gasteiger partial charge in [0.15, 0.2) is 10.2 Å². The van der Waals surface area contributed by atoms with E-state index in [0.717, 1.165) is 27.0 Å². The molecule has 0 saturated carbocycles. The minimum absolute atomic E-state index is 0.177. The van der Waals surface area contributed by atoms with Gasteiger partial charge in [-0.2, -0.15) is 0 Å². The molecule has 0 aliphatic heterocycles. The molecule has 0 saturated heterocycles. The number of rotatable bonds is 4. The monoisotopic (exact) mass is 346 g/mol. The van der Waals surface area contributed by atoms with Crippen molar-refractivity contribution in [1.82, 2.24) is 9.97 Å². The summed E-state index contributed by atoms with van der Waals surface area (Å²) in [4.78, 5) is 7.90. The summed E-state index contributed by atoms with van der Waals surface area (Å²) in [6.45, 7) is 11.2. The van der Waals surface area contributed by atoms with Crippen LogP contribution in [0.3, 0.4) is 0 Å². The van der Waals surface area contributed by atoms with Gasteiger partial charge in [-0.1, -0.05) is 20.8 Å². The van der Waals surface area contributed by atoms with E-state index in [1.807, 2.05) is 30.3 Å². The summed E-state index contributed by atoms with van der Waals surface area (Å²) in [5.74, 6) is 0.905. The number of benzene rings is 1. The summed E-state index contributed by atoms with van der Waals surface area (Å²) >= 11 is 1.48. The first-order chi connectivity index (χ1) is 10.7. The van der Waals surface area contributed by atoms with Crippen molar-refractivity contribution in [1.29, 1.82) is 0 Å². The van der Waals surface area contributed by atoms with Crippen LogP contribution in [-0.2, 0) is 0 Å². The summed E-state index contributed by atoms with van der Waals surface area (Å²) in [5.41, 5.74) is 1.91. The van der Waals surface area contributed by atoms with E-state index in [4.69, 9.17) is 8.84 Å². The first-order valence-electron chi connectivity index (χ1n) is 7.65. The second-order valence-corrected chi connectivity index (χ2v) is 12.8. The van der Waals surface area contributed by atoms with Gasteiger partial charge in [-0.15, -0.1) is 0 Å². The summed E-state index contributed by atoms with van der Waals surface area (Å²) in [6, 6.07) is 9.83. The maximum Gasteiger partial charge on any atom is 0.250 e. The van der Waals surface area contributed by atoms with Crippen molar-refractivity contribution in [3.8, 4) is 5.75 Å². The zero-order chi connectivity index (χ0) is 16.7. The lowest BCUT2D eigenvalue weighted by atomic mass is 10.2. The Kier molecular flexibility index (Phi) is 4.06. The second-order valence-electron chi connectivity index (χ2n) is 7.12. The summed E-state index contributed by atoms with van der Waals surface area (Å²) in [5, 5.41) is 1.82. The lowest BCUT2D eigenvalue weighted by Gasteiger charge is -2.36. The topological polar surface area (TPSA) is 51.1 Å². The van der Waals surface area contributed by atoms with Crippen LogP contribution in [0.2, 0.25) is 18.1 Å². The number of hydrogen-bond donors (Lipinski definition) is 1. The Labute approximate surface area is 141 Å². The van der Waals surface area contributed by atoms with E-state index in [2.05, 4.69) is 43.8 Å². The zero-order valence-electron chi connectivity index (χ0n) is 14.1. The average molecular weight is 347 g/mol. The molecule has 4 nitrogen and oxygen atoms in total. The lowest BCUT2D eigenvalue weighted by molar-refractivity contribution is 0.474. The normalized spacial score (nSPS) is 12.7. The number of imidazole rings is 1. The molecule has 23 heavy (non-hydrogen) atoms. The van der Waals surface area contributed by atoms with Gasteiger partial charge in [0.2, 0.25) is 8.32 Å². The molecule has 122 valence electrons. The largest absolute Gasteiger partial charge is 0.543 e. The van der Waals surface area contributed by atoms with Crippen molar-refractivity contribution in [3.05, 3.63) is 36.6 Å². The summed E-state index contributed by atoms with van der Waals surface area (Å²) in [6.07, 6.45) is 1.66. The summed E-state index contributed by atoms with van der Waals surface area (Å²) < 4.78 is 11.7. The molecule has 0 spiro atoms. The molecule has 6 heteroatoms. The lowest BCUT2D eigenvalue weighted by Crippen LogP contribution is -2.43. The van der Waals surface area contributed by atoms with E-state index in [9.17, 15) is 0 Å². The summed E-state index contributed by atoms with van der Waals surface area (Å²) in [7, 11) is -1.83. The predicted molar refractivity (Wildman–Crippen MR) is 96.7 cm³/mol. The molecule has 2 heterocycles. The third-order valence-corrected chi connectivity index (χ3v) is 9.48. The van der Waals surface area contributed by atoms with Crippen LogP contribution >= 0.6 is 11.8 Å². The molecule has 0 bridgehead atoms. The highest BCUT2D eigenvalue weighted by Gasteiger charge is 2.39. The zero-order valence-corrected chi connectivity index (χ0v) is 16.0. The molecule has 0 radical (unpaired) electrons. The number of H-pyrrole nitrogens is 1. The minimum Gasteiger partial charge on any atom is -0.543 e. The highest BCUT2D eigenvalue weighted by molar-refractivity contribution is 7.99. The molecule has 0 amide bonds. The fourth-order valence-electron chi connectivity index (χ4n) is 1.94. The van der Waals surface area contributed by atoms with Crippen LogP contribution in [0, 0.1) is 0 Å². The first kappa shape index (κ1) is 16.2. The highest BCUT2D eigenvalue weighted by Crippen LogP contribution is 2.38. The van der Waals surface area contributed by atoms with Crippen LogP contribution in [0.1, 0.15) is 20.8 Å². The molecular formula is C17H22N2O2SSi. The minimum atomic E-state index is -1.83. The van der Waals surface area contributed by atoms with Crippen molar-refractivity contribution >= 4 is 31.1 Å². The second kappa shape index (κ2) is 5.76. The fourth-order valence-corrected chi connectivity index (χ4v) is 3.71. The molecule has 2 aromatic heterocycles. The molecule has 0 aliphatic rings. The predicted octanol–water partition coefficient (Wildman–Crippen LogP) is 5.69. The average Bonchev–Trinajstić information content (AvgIpc) is 3.05. The SMILES string of the molecule is CC(C)(C)[Si](C)(C)Oc1ccc2nc(Sc3ccco3)[nH]c2c1. The number of hydrogen-bond acceptors (Lipinski definition) is 4. The standard InChI is InChI=1S/C17H22N2O2SSi/c1-17(2,3)23(4,5)21-12-8-9-13-14(11-12)19-16(18-13)22-15-7-6-10-20-15/h6-11H,1-5H3,(H,18,19). The quantitative estimate of drug-likeness (QED) is 0.616. The van der Waals surface area contributed by atoms with Crippen molar-refractivity contribution in [3.63, 3.8) is 0 Å². The molecule has 0 atom stereocenters. The van der Waals surface area contributed by atoms with E-state index in [1.165, 1.54) is 11.8 Å². The van der Waals surface area contributed by atoms with E-state index in [-0.39, 0.29) is 5.04 Å². The van der Waals surface area contributed by atoms with Crippen LogP contribution in [0.25, 0.3) is 11.0 Å². The third-order valence-electron chi connectivity index (χ3n) is 4.30. The van der Waals surface area contributed by atoms with Crippen LogP contribution < -0.4 is 4.43 Å². The van der Waals surface area contributed by atoms with Gasteiger partial charge < -0.3 is 13.8 Å². The van der Waals surface area contributed by atoms with Gasteiger partial charge >= 0.3 is 0 Å². The molecule has 0 unspecified atom stereocenters. The molecule has 3 rings (SSSR count). The van der Waals surface area contributed by atoms with Crippen molar-refractivity contribution in [2.24, 2.45) is 0 Å². The van der Waals surface area contributed by atoms with Crippen LogP contribution in [0.5, 0.6) is 5.75 Å². The molecule has 1 aromatic carbocycles. The molecule has 3 aromatic rings. The maximum atomic E-state index is 6.36. The first-order valence-corrected chi connectivity index (χ1v) is 11.4. The van der Waals surface area contributed by atoms with Crippen LogP contribution in [0.15, 0.2) is 51.3 Å². The Morgan fingerprint density at radius 1 is 1.22 bits per heavy atom. The van der Waals surface area contributed by atoms with Gasteiger partial charge in [0, 0.05) is 6.07 Å². The van der Waals surface area contributed by atoms with Crippen molar-refractivity contribution in [2.75, 3.05) is 0 Å². The van der Waals surface area contributed by atoms with Crippen LogP contribution in [0.4, 0.5) is 0 Å². The van der Waals surface area contributed by atoms with Crippen molar-refractivity contribution in [2.45, 2.75) is 49.2 Å². The van der Waals surface area contributed by atoms with E-state index >= 15 is 0 Å². The van der Waals surface area contributed by atoms with Gasteiger partial charge in [0.1, 0.15) is 5.75 Å². The Morgan fingerprint density at radius 3 is 2.65 bits per heavy atom. The molecule has 0 fully saturated rings. The highest BCUT2D eigenvalue weighted by atomic mass is 32.2. The Bertz CT molecular complexity index is 804. The molecular weight excluding hydrogens is 324 g/mol. The molecule has 1 N–H and O–H groups in total. The van der Waals surface area contributed by atoms with E-state index in [1.54, 1.807) is 6.26 Å². The number of nitrogens with one attached hydrogen (secondary N) is 1. The Hall–Kier alpha value is -1.66. The van der Waals surface area contributed by atoms with Crippen LogP contribution in [-0.4, -0.2) is 18.3 Å². The maximum absolute atomic E-state index is 6.36. The van der Waals surface area contributed by atoms with Gasteiger partial charge in [-0.3, -0.25) is 0 Å². The van der Waals surface area contributed by atoms with Gasteiger partial charge in [-0.25, -0.2) is 4.98 Å². The number of nitrogens with zero attached hydrogens (tertiary/aromatic N) is 1. The molecule has 0 aliphatic carbocycles. The van der Waals surface area contributed by atoms with Gasteiger partial charge in [-0.05, 0) is 54.2 Å².